The van der Waals surface area contributed by atoms with Crippen LogP contribution in [0, 0.1) is 0 Å². The Balaban J connectivity index is 1.72. The molecule has 0 radical (unpaired) electrons. The molecule has 0 atom stereocenters. The highest BCUT2D eigenvalue weighted by molar-refractivity contribution is 8.01. The van der Waals surface area contributed by atoms with Crippen molar-refractivity contribution in [1.82, 2.24) is 20.2 Å². The number of hydrogen-bond acceptors (Lipinski definition) is 9. The number of rotatable bonds is 6. The number of thiophene rings is 1. The van der Waals surface area contributed by atoms with Crippen LogP contribution in [0.4, 0.5) is 18.3 Å². The molecular formula is C13H10F3N5S4. The molecule has 0 amide bonds. The molecule has 3 heterocycles. The van der Waals surface area contributed by atoms with Gasteiger partial charge >= 0.3 is 6.18 Å². The van der Waals surface area contributed by atoms with E-state index in [4.69, 9.17) is 0 Å². The van der Waals surface area contributed by atoms with Crippen LogP contribution in [0.25, 0.3) is 0 Å². The molecule has 3 aromatic rings. The molecule has 0 aromatic carbocycles. The molecule has 0 saturated carbocycles. The van der Waals surface area contributed by atoms with Gasteiger partial charge in [0.2, 0.25) is 5.13 Å². The van der Waals surface area contributed by atoms with Crippen molar-refractivity contribution in [3.8, 4) is 0 Å². The number of nitrogens with zero attached hydrogens (tertiary/aromatic N) is 4. The Hall–Kier alpha value is -1.37. The van der Waals surface area contributed by atoms with E-state index in [0.29, 0.717) is 16.0 Å². The first kappa shape index (κ1) is 18.4. The van der Waals surface area contributed by atoms with Gasteiger partial charge in [-0.3, -0.25) is 0 Å². The van der Waals surface area contributed by atoms with Crippen molar-refractivity contribution in [1.29, 1.82) is 0 Å². The van der Waals surface area contributed by atoms with Crippen LogP contribution in [0.5, 0.6) is 0 Å². The Morgan fingerprint density at radius 2 is 2.08 bits per heavy atom. The lowest BCUT2D eigenvalue weighted by Gasteiger charge is -2.08. The summed E-state index contributed by atoms with van der Waals surface area (Å²) in [5, 5.41) is 14.0. The maximum absolute atomic E-state index is 12.9. The zero-order chi connectivity index (χ0) is 17.9. The van der Waals surface area contributed by atoms with Gasteiger partial charge in [0.05, 0.1) is 6.54 Å². The van der Waals surface area contributed by atoms with E-state index in [1.807, 2.05) is 17.5 Å². The second kappa shape index (κ2) is 7.89. The maximum Gasteiger partial charge on any atom is 0.433 e. The predicted octanol–water partition coefficient (Wildman–Crippen LogP) is 4.89. The van der Waals surface area contributed by atoms with E-state index in [2.05, 4.69) is 25.5 Å². The summed E-state index contributed by atoms with van der Waals surface area (Å²) in [5.41, 5.74) is -0.963. The minimum Gasteiger partial charge on any atom is -0.355 e. The van der Waals surface area contributed by atoms with E-state index in [0.717, 1.165) is 34.5 Å². The van der Waals surface area contributed by atoms with Gasteiger partial charge in [-0.2, -0.15) is 13.2 Å². The van der Waals surface area contributed by atoms with Gasteiger partial charge in [-0.15, -0.1) is 21.5 Å². The zero-order valence-corrected chi connectivity index (χ0v) is 15.8. The molecule has 3 aromatic heterocycles. The Morgan fingerprint density at radius 3 is 2.76 bits per heavy atom. The molecule has 0 aliphatic heterocycles. The summed E-state index contributed by atoms with van der Waals surface area (Å²) >= 11 is 4.98. The first-order valence-corrected chi connectivity index (χ1v) is 10.5. The molecule has 0 fully saturated rings. The highest BCUT2D eigenvalue weighted by Crippen LogP contribution is 2.35. The average Bonchev–Trinajstić information content (AvgIpc) is 3.23. The van der Waals surface area contributed by atoms with Crippen LogP contribution < -0.4 is 5.32 Å². The van der Waals surface area contributed by atoms with Crippen LogP contribution >= 0.6 is 46.2 Å². The summed E-state index contributed by atoms with van der Waals surface area (Å²) in [7, 11) is 0. The highest BCUT2D eigenvalue weighted by atomic mass is 32.2. The summed E-state index contributed by atoms with van der Waals surface area (Å²) in [4.78, 5) is 8.74. The quantitative estimate of drug-likeness (QED) is 0.345. The van der Waals surface area contributed by atoms with Crippen LogP contribution in [-0.4, -0.2) is 26.4 Å². The Bertz CT molecular complexity index is 835. The molecule has 25 heavy (non-hydrogen) atoms. The first-order chi connectivity index (χ1) is 11.9. The SMILES string of the molecule is CSc1nc(Sc2nnc(NCc3cccs3)s2)cc(C(F)(F)F)n1. The first-order valence-electron chi connectivity index (χ1n) is 6.72. The zero-order valence-electron chi connectivity index (χ0n) is 12.6. The van der Waals surface area contributed by atoms with E-state index in [-0.39, 0.29) is 10.2 Å². The van der Waals surface area contributed by atoms with E-state index >= 15 is 0 Å². The standard InChI is InChI=1S/C13H10F3N5S4/c1-22-11-18-8(13(14,15)16)5-9(19-11)24-12-21-20-10(25-12)17-6-7-3-2-4-23-7/h2-5H,6H2,1H3,(H,17,20). The van der Waals surface area contributed by atoms with Crippen LogP contribution in [0.3, 0.4) is 0 Å². The van der Waals surface area contributed by atoms with Crippen LogP contribution in [0.1, 0.15) is 10.6 Å². The van der Waals surface area contributed by atoms with Crippen molar-refractivity contribution in [3.63, 3.8) is 0 Å². The molecule has 0 aliphatic rings. The van der Waals surface area contributed by atoms with Gasteiger partial charge in [0.1, 0.15) is 10.7 Å². The molecular weight excluding hydrogens is 411 g/mol. The lowest BCUT2D eigenvalue weighted by atomic mass is 10.4. The monoisotopic (exact) mass is 421 g/mol. The van der Waals surface area contributed by atoms with Gasteiger partial charge in [-0.1, -0.05) is 29.2 Å². The predicted molar refractivity (Wildman–Crippen MR) is 94.5 cm³/mol. The fraction of sp³-hybridized carbons (Fsp3) is 0.231. The molecule has 3 rings (SSSR count). The van der Waals surface area contributed by atoms with Crippen molar-refractivity contribution >= 4 is 51.3 Å². The highest BCUT2D eigenvalue weighted by Gasteiger charge is 2.33. The second-order valence-corrected chi connectivity index (χ2v) is 8.53. The van der Waals surface area contributed by atoms with Crippen molar-refractivity contribution < 1.29 is 13.2 Å². The Morgan fingerprint density at radius 1 is 1.24 bits per heavy atom. The van der Waals surface area contributed by atoms with Crippen LogP contribution in [0.2, 0.25) is 0 Å². The summed E-state index contributed by atoms with van der Waals surface area (Å²) in [6.07, 6.45) is -2.89. The van der Waals surface area contributed by atoms with Gasteiger partial charge < -0.3 is 5.32 Å². The molecule has 0 aliphatic carbocycles. The van der Waals surface area contributed by atoms with Gasteiger partial charge in [-0.05, 0) is 29.5 Å². The molecule has 0 saturated heterocycles. The van der Waals surface area contributed by atoms with Gasteiger partial charge in [0, 0.05) is 10.9 Å². The van der Waals surface area contributed by atoms with Crippen molar-refractivity contribution in [3.05, 3.63) is 34.2 Å². The number of thioether (sulfide) groups is 1. The smallest absolute Gasteiger partial charge is 0.355 e. The normalized spacial score (nSPS) is 11.7. The lowest BCUT2D eigenvalue weighted by molar-refractivity contribution is -0.141. The third-order valence-corrected chi connectivity index (χ3v) is 6.02. The third-order valence-electron chi connectivity index (χ3n) is 2.75. The Kier molecular flexibility index (Phi) is 5.81. The van der Waals surface area contributed by atoms with E-state index in [1.165, 1.54) is 11.3 Å². The summed E-state index contributed by atoms with van der Waals surface area (Å²) in [6, 6.07) is 4.88. The molecule has 5 nitrogen and oxygen atoms in total. The van der Waals surface area contributed by atoms with E-state index < -0.39 is 11.9 Å². The molecule has 0 unspecified atom stereocenters. The second-order valence-electron chi connectivity index (χ2n) is 4.48. The van der Waals surface area contributed by atoms with Crippen molar-refractivity contribution in [2.24, 2.45) is 0 Å². The Labute approximate surface area is 157 Å². The molecule has 0 bridgehead atoms. The molecule has 1 N–H and O–H groups in total. The maximum atomic E-state index is 12.9. The van der Waals surface area contributed by atoms with Gasteiger partial charge in [0.25, 0.3) is 0 Å². The molecule has 0 spiro atoms. The minimum absolute atomic E-state index is 0.0675. The fourth-order valence-electron chi connectivity index (χ4n) is 1.68. The third kappa shape index (κ3) is 5.06. The molecule has 132 valence electrons. The largest absolute Gasteiger partial charge is 0.433 e. The average molecular weight is 422 g/mol. The van der Waals surface area contributed by atoms with Gasteiger partial charge in [-0.25, -0.2) is 9.97 Å². The number of anilines is 1. The van der Waals surface area contributed by atoms with Crippen molar-refractivity contribution in [2.75, 3.05) is 11.6 Å². The summed E-state index contributed by atoms with van der Waals surface area (Å²) in [6.45, 7) is 0.624. The number of halogens is 3. The topological polar surface area (TPSA) is 63.6 Å². The van der Waals surface area contributed by atoms with Gasteiger partial charge in [0.15, 0.2) is 9.50 Å². The number of alkyl halides is 3. The number of aromatic nitrogens is 4. The summed E-state index contributed by atoms with van der Waals surface area (Å²) in [5.74, 6) is 0. The lowest BCUT2D eigenvalue weighted by Crippen LogP contribution is -2.09. The van der Waals surface area contributed by atoms with E-state index in [9.17, 15) is 13.2 Å². The van der Waals surface area contributed by atoms with Crippen LogP contribution in [-0.2, 0) is 12.7 Å². The minimum atomic E-state index is -4.52. The molecule has 12 heteroatoms. The summed E-state index contributed by atoms with van der Waals surface area (Å²) < 4.78 is 39.3. The fourth-order valence-corrected chi connectivity index (χ4v) is 4.46. The van der Waals surface area contributed by atoms with Crippen molar-refractivity contribution in [2.45, 2.75) is 27.2 Å². The van der Waals surface area contributed by atoms with Crippen LogP contribution in [0.15, 0.2) is 38.1 Å². The number of nitrogens with one attached hydrogen (secondary N) is 1. The van der Waals surface area contributed by atoms with E-state index in [1.54, 1.807) is 17.6 Å². The number of hydrogen-bond donors (Lipinski definition) is 1.